The molecule has 0 saturated carbocycles. The Hall–Kier alpha value is -3.91. The van der Waals surface area contributed by atoms with Gasteiger partial charge in [-0.2, -0.15) is 13.2 Å². The van der Waals surface area contributed by atoms with E-state index in [2.05, 4.69) is 27.8 Å². The number of ether oxygens (including phenoxy) is 1. The van der Waals surface area contributed by atoms with Crippen LogP contribution in [0.15, 0.2) is 42.5 Å². The molecule has 4 rings (SSSR count). The molecule has 1 aliphatic heterocycles. The van der Waals surface area contributed by atoms with Gasteiger partial charge in [-0.25, -0.2) is 4.39 Å². The van der Waals surface area contributed by atoms with Crippen LogP contribution < -0.4 is 20.7 Å². The molecule has 0 bridgehead atoms. The van der Waals surface area contributed by atoms with Gasteiger partial charge in [0, 0.05) is 36.8 Å². The lowest BCUT2D eigenvalue weighted by atomic mass is 10.0. The molecule has 1 saturated heterocycles. The SMILES string of the molecule is CCN1CCC(Nc2cccc3c2cc(C#CCNc2ccc(C(=O)NC)cc2OC)n3CC(F)(F)F)C(F)C1. The molecule has 2 aromatic carbocycles. The van der Waals surface area contributed by atoms with Crippen molar-refractivity contribution in [2.75, 3.05) is 51.0 Å². The molecule has 2 atom stereocenters. The van der Waals surface area contributed by atoms with Gasteiger partial charge in [-0.1, -0.05) is 18.9 Å². The maximum atomic E-state index is 14.8. The van der Waals surface area contributed by atoms with Crippen LogP contribution in [0.25, 0.3) is 10.9 Å². The first-order valence-corrected chi connectivity index (χ1v) is 13.1. The number of halogens is 4. The fraction of sp³-hybridized carbons (Fsp3) is 0.414. The van der Waals surface area contributed by atoms with E-state index >= 15 is 0 Å². The maximum Gasteiger partial charge on any atom is 0.406 e. The monoisotopic (exact) mass is 559 g/mol. The number of carbonyl (C=O) groups excluding carboxylic acids is 1. The summed E-state index contributed by atoms with van der Waals surface area (Å²) in [6.07, 6.45) is -4.95. The third kappa shape index (κ3) is 6.80. The first-order chi connectivity index (χ1) is 19.1. The molecule has 214 valence electrons. The Balaban J connectivity index is 1.58. The zero-order chi connectivity index (χ0) is 28.9. The number of benzene rings is 2. The lowest BCUT2D eigenvalue weighted by Gasteiger charge is -2.35. The van der Waals surface area contributed by atoms with Crippen LogP contribution in [0, 0.1) is 11.8 Å². The summed E-state index contributed by atoms with van der Waals surface area (Å²) >= 11 is 0. The highest BCUT2D eigenvalue weighted by molar-refractivity contribution is 5.95. The Morgan fingerprint density at radius 1 is 1.18 bits per heavy atom. The number of rotatable bonds is 8. The van der Waals surface area contributed by atoms with Crippen molar-refractivity contribution >= 4 is 28.2 Å². The Kier molecular flexibility index (Phi) is 9.10. The minimum Gasteiger partial charge on any atom is -0.495 e. The number of anilines is 2. The molecule has 2 heterocycles. The number of carbonyl (C=O) groups is 1. The van der Waals surface area contributed by atoms with E-state index in [1.54, 1.807) is 42.5 Å². The minimum atomic E-state index is -4.46. The van der Waals surface area contributed by atoms with Crippen LogP contribution in [0.3, 0.4) is 0 Å². The summed E-state index contributed by atoms with van der Waals surface area (Å²) in [5.41, 5.74) is 2.15. The highest BCUT2D eigenvalue weighted by Gasteiger charge is 2.31. The van der Waals surface area contributed by atoms with Crippen molar-refractivity contribution in [1.82, 2.24) is 14.8 Å². The smallest absolute Gasteiger partial charge is 0.406 e. The number of piperidine rings is 1. The molecule has 1 amide bonds. The average molecular weight is 560 g/mol. The number of amides is 1. The first-order valence-electron chi connectivity index (χ1n) is 13.1. The van der Waals surface area contributed by atoms with E-state index in [9.17, 15) is 22.4 Å². The second-order valence-electron chi connectivity index (χ2n) is 9.57. The molecule has 11 heteroatoms. The second kappa shape index (κ2) is 12.5. The fourth-order valence-electron chi connectivity index (χ4n) is 4.88. The van der Waals surface area contributed by atoms with Gasteiger partial charge in [-0.05, 0) is 55.3 Å². The summed E-state index contributed by atoms with van der Waals surface area (Å²) in [5.74, 6) is 5.92. The van der Waals surface area contributed by atoms with Gasteiger partial charge >= 0.3 is 6.18 Å². The fourth-order valence-corrected chi connectivity index (χ4v) is 4.88. The molecule has 40 heavy (non-hydrogen) atoms. The Labute approximate surface area is 230 Å². The van der Waals surface area contributed by atoms with Crippen molar-refractivity contribution in [1.29, 1.82) is 0 Å². The van der Waals surface area contributed by atoms with Crippen LogP contribution in [-0.2, 0) is 6.54 Å². The molecule has 0 spiro atoms. The lowest BCUT2D eigenvalue weighted by Crippen LogP contribution is -2.47. The number of hydrogen-bond acceptors (Lipinski definition) is 5. The zero-order valence-electron chi connectivity index (χ0n) is 22.7. The van der Waals surface area contributed by atoms with Gasteiger partial charge in [0.25, 0.3) is 5.91 Å². The minimum absolute atomic E-state index is 0.119. The molecule has 1 fully saturated rings. The van der Waals surface area contributed by atoms with Crippen LogP contribution in [-0.4, -0.2) is 74.1 Å². The molecule has 0 radical (unpaired) electrons. The maximum absolute atomic E-state index is 14.8. The third-order valence-corrected chi connectivity index (χ3v) is 6.97. The number of hydrogen-bond donors (Lipinski definition) is 3. The topological polar surface area (TPSA) is 70.6 Å². The predicted molar refractivity (Wildman–Crippen MR) is 149 cm³/mol. The van der Waals surface area contributed by atoms with Crippen molar-refractivity contribution in [3.63, 3.8) is 0 Å². The van der Waals surface area contributed by atoms with Crippen LogP contribution in [0.4, 0.5) is 28.9 Å². The van der Waals surface area contributed by atoms with E-state index in [0.717, 1.165) is 17.7 Å². The highest BCUT2D eigenvalue weighted by Crippen LogP contribution is 2.32. The number of likely N-dealkylation sites (tertiary alicyclic amines) is 1. The summed E-state index contributed by atoms with van der Waals surface area (Å²) in [7, 11) is 3.00. The molecule has 1 aliphatic rings. The number of fused-ring (bicyclic) bond motifs is 1. The van der Waals surface area contributed by atoms with E-state index in [1.807, 2.05) is 11.8 Å². The van der Waals surface area contributed by atoms with Crippen LogP contribution in [0.1, 0.15) is 29.4 Å². The van der Waals surface area contributed by atoms with E-state index < -0.39 is 24.9 Å². The van der Waals surface area contributed by atoms with Gasteiger partial charge < -0.3 is 30.2 Å². The Bertz CT molecular complexity index is 1410. The molecule has 3 N–H and O–H groups in total. The average Bonchev–Trinajstić information content (AvgIpc) is 3.28. The Morgan fingerprint density at radius 3 is 2.65 bits per heavy atom. The molecule has 0 aliphatic carbocycles. The van der Waals surface area contributed by atoms with E-state index in [1.165, 1.54) is 14.2 Å². The predicted octanol–water partition coefficient (Wildman–Crippen LogP) is 4.88. The molecular formula is C29H33F4N5O2. The second-order valence-corrected chi connectivity index (χ2v) is 9.57. The van der Waals surface area contributed by atoms with Crippen molar-refractivity contribution in [2.24, 2.45) is 0 Å². The summed E-state index contributed by atoms with van der Waals surface area (Å²) in [4.78, 5) is 13.9. The molecule has 7 nitrogen and oxygen atoms in total. The van der Waals surface area contributed by atoms with Gasteiger partial charge in [-0.15, -0.1) is 0 Å². The molecule has 2 unspecified atom stereocenters. The van der Waals surface area contributed by atoms with Gasteiger partial charge in [-0.3, -0.25) is 4.79 Å². The normalized spacial score (nSPS) is 17.7. The van der Waals surface area contributed by atoms with E-state index in [4.69, 9.17) is 4.74 Å². The van der Waals surface area contributed by atoms with E-state index in [0.29, 0.717) is 46.6 Å². The van der Waals surface area contributed by atoms with Gasteiger partial charge in [0.05, 0.1) is 36.6 Å². The molecular weight excluding hydrogens is 526 g/mol. The van der Waals surface area contributed by atoms with Gasteiger partial charge in [0.1, 0.15) is 18.5 Å². The summed E-state index contributed by atoms with van der Waals surface area (Å²) < 4.78 is 61.9. The van der Waals surface area contributed by atoms with Gasteiger partial charge in [0.2, 0.25) is 0 Å². The zero-order valence-corrected chi connectivity index (χ0v) is 22.7. The van der Waals surface area contributed by atoms with Crippen LogP contribution in [0.5, 0.6) is 5.75 Å². The van der Waals surface area contributed by atoms with E-state index in [-0.39, 0.29) is 18.1 Å². The standard InChI is InChI=1S/C29H33F4N5O2/c1-4-37-14-12-24(22(30)17-37)36-23-8-5-9-26-21(23)16-20(38(26)18-29(31,32)33)7-6-13-35-25-11-10-19(28(39)34-2)15-27(25)40-3/h5,8-11,15-16,22,24,35-36H,4,12-14,17-18H2,1-3H3,(H,34,39). The number of alkyl halides is 4. The third-order valence-electron chi connectivity index (χ3n) is 6.97. The van der Waals surface area contributed by atoms with Crippen LogP contribution in [0.2, 0.25) is 0 Å². The van der Waals surface area contributed by atoms with Crippen molar-refractivity contribution in [3.8, 4) is 17.6 Å². The Morgan fingerprint density at radius 2 is 1.98 bits per heavy atom. The highest BCUT2D eigenvalue weighted by atomic mass is 19.4. The van der Waals surface area contributed by atoms with Crippen molar-refractivity contribution in [2.45, 2.75) is 38.3 Å². The first kappa shape index (κ1) is 29.1. The van der Waals surface area contributed by atoms with Crippen LogP contribution >= 0.6 is 0 Å². The molecule has 1 aromatic heterocycles. The number of methoxy groups -OCH3 is 1. The summed E-state index contributed by atoms with van der Waals surface area (Å²) in [5, 5.41) is 9.42. The van der Waals surface area contributed by atoms with Crippen molar-refractivity contribution < 1.29 is 27.1 Å². The van der Waals surface area contributed by atoms with Gasteiger partial charge in [0.15, 0.2) is 0 Å². The quantitative estimate of drug-likeness (QED) is 0.271. The lowest BCUT2D eigenvalue weighted by molar-refractivity contribution is -0.140. The van der Waals surface area contributed by atoms with Crippen molar-refractivity contribution in [3.05, 3.63) is 53.7 Å². The number of aromatic nitrogens is 1. The number of nitrogens with one attached hydrogen (secondary N) is 3. The molecule has 3 aromatic rings. The largest absolute Gasteiger partial charge is 0.495 e. The summed E-state index contributed by atoms with van der Waals surface area (Å²) in [6.45, 7) is 2.75. The summed E-state index contributed by atoms with van der Waals surface area (Å²) in [6, 6.07) is 11.1. The number of nitrogens with zero attached hydrogens (tertiary/aromatic N) is 2.